The number of amides is 1. The quantitative estimate of drug-likeness (QED) is 0.814. The highest BCUT2D eigenvalue weighted by Crippen LogP contribution is 2.34. The van der Waals surface area contributed by atoms with Gasteiger partial charge in [-0.3, -0.25) is 9.69 Å². The molecule has 1 aliphatic heterocycles. The maximum absolute atomic E-state index is 12.1. The standard InChI is InChI=1S/C16H15NO5/c1-10-3-5-13-12(7-10)17(15(18)9-21-13)8-11-4-6-14(22-11)16(19)20-2/h3-7H,8-9H2,1-2H3. The number of hydrogen-bond donors (Lipinski definition) is 0. The molecule has 0 saturated carbocycles. The molecule has 22 heavy (non-hydrogen) atoms. The minimum absolute atomic E-state index is 0.0133. The monoisotopic (exact) mass is 301 g/mol. The SMILES string of the molecule is COC(=O)c1ccc(CN2C(=O)COc3ccc(C)cc32)o1. The van der Waals surface area contributed by atoms with E-state index >= 15 is 0 Å². The predicted octanol–water partition coefficient (Wildman–Crippen LogP) is 2.30. The molecular formula is C16H15NO5. The van der Waals surface area contributed by atoms with E-state index in [4.69, 9.17) is 9.15 Å². The van der Waals surface area contributed by atoms with E-state index in [9.17, 15) is 9.59 Å². The molecular weight excluding hydrogens is 286 g/mol. The number of nitrogens with zero attached hydrogens (tertiary/aromatic N) is 1. The molecule has 0 bridgehead atoms. The Morgan fingerprint density at radius 2 is 2.14 bits per heavy atom. The van der Waals surface area contributed by atoms with Crippen LogP contribution < -0.4 is 9.64 Å². The third-order valence-corrected chi connectivity index (χ3v) is 3.42. The van der Waals surface area contributed by atoms with Crippen molar-refractivity contribution in [3.63, 3.8) is 0 Å². The number of methoxy groups -OCH3 is 1. The minimum Gasteiger partial charge on any atom is -0.482 e. The van der Waals surface area contributed by atoms with Crippen LogP contribution in [-0.4, -0.2) is 25.6 Å². The van der Waals surface area contributed by atoms with Crippen LogP contribution in [0.15, 0.2) is 34.7 Å². The van der Waals surface area contributed by atoms with E-state index in [1.165, 1.54) is 13.2 Å². The Morgan fingerprint density at radius 3 is 2.91 bits per heavy atom. The summed E-state index contributed by atoms with van der Waals surface area (Å²) in [5, 5.41) is 0. The summed E-state index contributed by atoms with van der Waals surface area (Å²) in [6.45, 7) is 2.16. The highest BCUT2D eigenvalue weighted by atomic mass is 16.5. The molecule has 0 atom stereocenters. The Morgan fingerprint density at radius 1 is 1.32 bits per heavy atom. The van der Waals surface area contributed by atoms with Gasteiger partial charge in [-0.2, -0.15) is 0 Å². The van der Waals surface area contributed by atoms with Gasteiger partial charge in [0.1, 0.15) is 11.5 Å². The van der Waals surface area contributed by atoms with E-state index in [1.807, 2.05) is 25.1 Å². The van der Waals surface area contributed by atoms with E-state index < -0.39 is 5.97 Å². The first kappa shape index (κ1) is 14.2. The van der Waals surface area contributed by atoms with E-state index in [0.29, 0.717) is 17.2 Å². The Hall–Kier alpha value is -2.76. The second-order valence-electron chi connectivity index (χ2n) is 5.00. The topological polar surface area (TPSA) is 69.0 Å². The van der Waals surface area contributed by atoms with Crippen LogP contribution in [0.4, 0.5) is 5.69 Å². The van der Waals surface area contributed by atoms with Crippen LogP contribution in [0.3, 0.4) is 0 Å². The number of rotatable bonds is 3. The van der Waals surface area contributed by atoms with Crippen molar-refractivity contribution >= 4 is 17.6 Å². The fourth-order valence-electron chi connectivity index (χ4n) is 2.31. The second kappa shape index (κ2) is 5.55. The fourth-order valence-corrected chi connectivity index (χ4v) is 2.31. The molecule has 2 heterocycles. The van der Waals surface area contributed by atoms with Gasteiger partial charge in [0.15, 0.2) is 6.61 Å². The molecule has 6 heteroatoms. The molecule has 0 saturated heterocycles. The van der Waals surface area contributed by atoms with Crippen molar-refractivity contribution in [2.75, 3.05) is 18.6 Å². The van der Waals surface area contributed by atoms with Crippen molar-refractivity contribution in [3.05, 3.63) is 47.4 Å². The molecule has 114 valence electrons. The zero-order valence-electron chi connectivity index (χ0n) is 12.3. The van der Waals surface area contributed by atoms with Crippen LogP contribution in [0.5, 0.6) is 5.75 Å². The van der Waals surface area contributed by atoms with Crippen LogP contribution >= 0.6 is 0 Å². The summed E-state index contributed by atoms with van der Waals surface area (Å²) in [7, 11) is 1.29. The number of aryl methyl sites for hydroxylation is 1. The summed E-state index contributed by atoms with van der Waals surface area (Å²) in [5.41, 5.74) is 1.73. The molecule has 0 aliphatic carbocycles. The Balaban J connectivity index is 1.89. The molecule has 0 N–H and O–H groups in total. The summed E-state index contributed by atoms with van der Waals surface area (Å²) in [6.07, 6.45) is 0. The lowest BCUT2D eigenvalue weighted by Gasteiger charge is -2.29. The zero-order chi connectivity index (χ0) is 15.7. The molecule has 2 aromatic rings. The van der Waals surface area contributed by atoms with E-state index in [2.05, 4.69) is 4.74 Å². The van der Waals surface area contributed by atoms with Crippen molar-refractivity contribution in [3.8, 4) is 5.75 Å². The van der Waals surface area contributed by atoms with E-state index in [1.54, 1.807) is 11.0 Å². The summed E-state index contributed by atoms with van der Waals surface area (Å²) in [5.74, 6) is 0.570. The van der Waals surface area contributed by atoms with Crippen LogP contribution in [-0.2, 0) is 16.1 Å². The van der Waals surface area contributed by atoms with Crippen LogP contribution in [0, 0.1) is 6.92 Å². The number of benzene rings is 1. The van der Waals surface area contributed by atoms with Crippen LogP contribution in [0.2, 0.25) is 0 Å². The molecule has 0 fully saturated rings. The lowest BCUT2D eigenvalue weighted by molar-refractivity contribution is -0.121. The van der Waals surface area contributed by atoms with Gasteiger partial charge in [0.05, 0.1) is 19.3 Å². The van der Waals surface area contributed by atoms with Gasteiger partial charge < -0.3 is 13.9 Å². The molecule has 6 nitrogen and oxygen atoms in total. The summed E-state index contributed by atoms with van der Waals surface area (Å²) >= 11 is 0. The number of hydrogen-bond acceptors (Lipinski definition) is 5. The molecule has 0 spiro atoms. The van der Waals surface area contributed by atoms with Crippen molar-refractivity contribution < 1.29 is 23.5 Å². The highest BCUT2D eigenvalue weighted by Gasteiger charge is 2.27. The van der Waals surface area contributed by atoms with Gasteiger partial charge in [0.25, 0.3) is 5.91 Å². The van der Waals surface area contributed by atoms with Gasteiger partial charge in [0, 0.05) is 0 Å². The first-order chi connectivity index (χ1) is 10.6. The Bertz CT molecular complexity index is 734. The van der Waals surface area contributed by atoms with Crippen LogP contribution in [0.25, 0.3) is 0 Å². The third-order valence-electron chi connectivity index (χ3n) is 3.42. The Kier molecular flexibility index (Phi) is 3.58. The predicted molar refractivity (Wildman–Crippen MR) is 77.9 cm³/mol. The molecule has 0 radical (unpaired) electrons. The number of carbonyl (C=O) groups is 2. The molecule has 0 unspecified atom stereocenters. The molecule has 1 aromatic carbocycles. The number of fused-ring (bicyclic) bond motifs is 1. The number of furan rings is 1. The summed E-state index contributed by atoms with van der Waals surface area (Å²) < 4.78 is 15.4. The maximum atomic E-state index is 12.1. The van der Waals surface area contributed by atoms with Crippen LogP contribution in [0.1, 0.15) is 21.9 Å². The molecule has 1 amide bonds. The average Bonchev–Trinajstić information content (AvgIpc) is 2.98. The number of esters is 1. The summed E-state index contributed by atoms with van der Waals surface area (Å²) in [4.78, 5) is 25.1. The number of carbonyl (C=O) groups excluding carboxylic acids is 2. The van der Waals surface area contributed by atoms with Crippen molar-refractivity contribution in [1.29, 1.82) is 0 Å². The largest absolute Gasteiger partial charge is 0.482 e. The number of ether oxygens (including phenoxy) is 2. The molecule has 3 rings (SSSR count). The normalized spacial score (nSPS) is 13.5. The van der Waals surface area contributed by atoms with Gasteiger partial charge >= 0.3 is 5.97 Å². The maximum Gasteiger partial charge on any atom is 0.373 e. The van der Waals surface area contributed by atoms with Crippen molar-refractivity contribution in [1.82, 2.24) is 0 Å². The highest BCUT2D eigenvalue weighted by molar-refractivity contribution is 5.97. The third kappa shape index (κ3) is 2.55. The van der Waals surface area contributed by atoms with Gasteiger partial charge in [-0.25, -0.2) is 4.79 Å². The average molecular weight is 301 g/mol. The van der Waals surface area contributed by atoms with E-state index in [-0.39, 0.29) is 24.8 Å². The van der Waals surface area contributed by atoms with Gasteiger partial charge in [0.2, 0.25) is 5.76 Å². The molecule has 1 aromatic heterocycles. The fraction of sp³-hybridized carbons (Fsp3) is 0.250. The van der Waals surface area contributed by atoms with Gasteiger partial charge in [-0.05, 0) is 36.8 Å². The molecule has 1 aliphatic rings. The van der Waals surface area contributed by atoms with E-state index in [0.717, 1.165) is 5.56 Å². The zero-order valence-corrected chi connectivity index (χ0v) is 12.3. The number of anilines is 1. The first-order valence-corrected chi connectivity index (χ1v) is 6.79. The first-order valence-electron chi connectivity index (χ1n) is 6.79. The minimum atomic E-state index is -0.546. The lowest BCUT2D eigenvalue weighted by atomic mass is 10.1. The van der Waals surface area contributed by atoms with Crippen molar-refractivity contribution in [2.45, 2.75) is 13.5 Å². The lowest BCUT2D eigenvalue weighted by Crippen LogP contribution is -2.38. The summed E-state index contributed by atoms with van der Waals surface area (Å²) in [6, 6.07) is 8.84. The second-order valence-corrected chi connectivity index (χ2v) is 5.00. The van der Waals surface area contributed by atoms with Gasteiger partial charge in [-0.1, -0.05) is 6.07 Å². The van der Waals surface area contributed by atoms with Gasteiger partial charge in [-0.15, -0.1) is 0 Å². The Labute approximate surface area is 127 Å². The van der Waals surface area contributed by atoms with Crippen molar-refractivity contribution in [2.24, 2.45) is 0 Å². The smallest absolute Gasteiger partial charge is 0.373 e.